The van der Waals surface area contributed by atoms with Crippen LogP contribution in [0.4, 0.5) is 0 Å². The highest BCUT2D eigenvalue weighted by molar-refractivity contribution is 7.60. The normalized spacial score (nSPS) is 13.5. The van der Waals surface area contributed by atoms with Crippen molar-refractivity contribution in [2.45, 2.75) is 26.1 Å². The Labute approximate surface area is 173 Å². The second-order valence-electron chi connectivity index (χ2n) is 6.43. The Morgan fingerprint density at radius 1 is 0.833 bits per heavy atom. The Hall–Kier alpha value is -1.85. The van der Waals surface area contributed by atoms with Gasteiger partial charge < -0.3 is 38.9 Å². The zero-order valence-electron chi connectivity index (χ0n) is 16.7. The van der Waals surface area contributed by atoms with Gasteiger partial charge in [0.05, 0.1) is 55.1 Å². The van der Waals surface area contributed by atoms with Crippen molar-refractivity contribution in [3.05, 3.63) is 29.3 Å². The second-order valence-corrected chi connectivity index (χ2v) is 8.04. The monoisotopic (exact) mass is 450 g/mol. The highest BCUT2D eigenvalue weighted by atomic mass is 31.2. The number of carbonyl (C=O) groups is 2. The first-order valence-corrected chi connectivity index (χ1v) is 10.7. The number of hydrogen-bond donors (Lipinski definition) is 4. The third-order valence-corrected chi connectivity index (χ3v) is 4.30. The van der Waals surface area contributed by atoms with Crippen LogP contribution in [-0.4, -0.2) is 83.8 Å². The van der Waals surface area contributed by atoms with Gasteiger partial charge in [0.2, 0.25) is 0 Å². The maximum Gasteiger partial charge on any atom is 0.356 e. The van der Waals surface area contributed by atoms with Crippen LogP contribution in [0.2, 0.25) is 0 Å². The summed E-state index contributed by atoms with van der Waals surface area (Å²) < 4.78 is 31.6. The summed E-state index contributed by atoms with van der Waals surface area (Å²) >= 11 is 0. The van der Waals surface area contributed by atoms with E-state index in [2.05, 4.69) is 0 Å². The molecule has 11 nitrogen and oxygen atoms in total. The molecule has 0 aromatic heterocycles. The van der Waals surface area contributed by atoms with Crippen molar-refractivity contribution < 1.29 is 53.1 Å². The summed E-state index contributed by atoms with van der Waals surface area (Å²) in [5.74, 6) is -1.83. The van der Waals surface area contributed by atoms with Gasteiger partial charge in [-0.2, -0.15) is 0 Å². The Balaban J connectivity index is 2.79. The Morgan fingerprint density at radius 3 is 1.57 bits per heavy atom. The van der Waals surface area contributed by atoms with E-state index >= 15 is 0 Å². The van der Waals surface area contributed by atoms with Crippen LogP contribution in [0.5, 0.6) is 0 Å². The third kappa shape index (κ3) is 10.3. The van der Waals surface area contributed by atoms with Crippen molar-refractivity contribution in [3.63, 3.8) is 0 Å². The number of benzene rings is 1. The van der Waals surface area contributed by atoms with Gasteiger partial charge in [0.1, 0.15) is 13.2 Å². The average molecular weight is 450 g/mol. The highest BCUT2D eigenvalue weighted by Crippen LogP contribution is 2.34. The van der Waals surface area contributed by atoms with Crippen molar-refractivity contribution in [2.75, 3.05) is 39.6 Å². The van der Waals surface area contributed by atoms with Crippen LogP contribution in [0.1, 0.15) is 34.6 Å². The number of aliphatic hydroxyl groups is 2. The molecular weight excluding hydrogens is 423 g/mol. The number of rotatable bonds is 13. The molecule has 0 amide bonds. The van der Waals surface area contributed by atoms with E-state index in [1.165, 1.54) is 13.8 Å². The molecule has 0 spiro atoms. The summed E-state index contributed by atoms with van der Waals surface area (Å²) in [7, 11) is -4.77. The molecule has 4 N–H and O–H groups in total. The van der Waals surface area contributed by atoms with Crippen LogP contribution < -0.4 is 5.30 Å². The largest absolute Gasteiger partial charge is 0.460 e. The summed E-state index contributed by atoms with van der Waals surface area (Å²) in [6.07, 6.45) is -1.35. The zero-order valence-corrected chi connectivity index (χ0v) is 17.6. The smallest absolute Gasteiger partial charge is 0.356 e. The lowest BCUT2D eigenvalue weighted by atomic mass is 10.1. The van der Waals surface area contributed by atoms with Crippen molar-refractivity contribution in [1.82, 2.24) is 0 Å². The minimum Gasteiger partial charge on any atom is -0.460 e. The zero-order chi connectivity index (χ0) is 22.7. The van der Waals surface area contributed by atoms with E-state index in [1.807, 2.05) is 0 Å². The van der Waals surface area contributed by atoms with Crippen molar-refractivity contribution in [3.8, 4) is 0 Å². The van der Waals surface area contributed by atoms with E-state index in [0.29, 0.717) is 0 Å². The lowest BCUT2D eigenvalue weighted by Crippen LogP contribution is -2.19. The van der Waals surface area contributed by atoms with Gasteiger partial charge in [-0.25, -0.2) is 9.59 Å². The molecule has 0 radical (unpaired) electrons. The highest BCUT2D eigenvalue weighted by Gasteiger charge is 2.23. The van der Waals surface area contributed by atoms with Crippen LogP contribution in [-0.2, 0) is 23.5 Å². The standard InChI is InChI=1S/C18H27O11P/c1-12(19)10-26-3-5-28-17(21)14-7-15(9-16(8-14)30(23,24)25)18(22)29-6-4-27-11-13(2)20/h7-9,12-13,19-20H,3-6,10-11H2,1-2H3,(H2,23,24,25). The van der Waals surface area contributed by atoms with Gasteiger partial charge in [0.25, 0.3) is 0 Å². The molecule has 1 rings (SSSR count). The number of esters is 2. The first-order chi connectivity index (χ1) is 14.0. The van der Waals surface area contributed by atoms with Crippen LogP contribution in [0.15, 0.2) is 18.2 Å². The fourth-order valence-electron chi connectivity index (χ4n) is 2.08. The molecule has 0 saturated heterocycles. The minimum absolute atomic E-state index is 0.0101. The molecule has 0 fully saturated rings. The molecule has 0 saturated carbocycles. The van der Waals surface area contributed by atoms with E-state index in [1.54, 1.807) is 0 Å². The predicted octanol–water partition coefficient (Wildman–Crippen LogP) is -0.402. The molecule has 0 bridgehead atoms. The topological polar surface area (TPSA) is 169 Å². The summed E-state index contributed by atoms with van der Waals surface area (Å²) in [4.78, 5) is 43.2. The third-order valence-electron chi connectivity index (χ3n) is 3.37. The molecule has 2 unspecified atom stereocenters. The molecule has 170 valence electrons. The Kier molecular flexibility index (Phi) is 11.1. The van der Waals surface area contributed by atoms with E-state index in [9.17, 15) is 23.9 Å². The maximum atomic E-state index is 12.2. The molecule has 0 heterocycles. The van der Waals surface area contributed by atoms with Crippen molar-refractivity contribution >= 4 is 24.8 Å². The predicted molar refractivity (Wildman–Crippen MR) is 104 cm³/mol. The first kappa shape index (κ1) is 26.2. The summed E-state index contributed by atoms with van der Waals surface area (Å²) in [6.45, 7) is 2.87. The van der Waals surface area contributed by atoms with Crippen LogP contribution in [0, 0.1) is 0 Å². The molecule has 0 aliphatic heterocycles. The SMILES string of the molecule is CC(O)COCCOC(=O)c1cc(C(=O)OCCOCC(C)O)cc(P(=O)(O)O)c1. The maximum absolute atomic E-state index is 12.2. The number of ether oxygens (including phenoxy) is 4. The Bertz CT molecular complexity index is 693. The first-order valence-electron chi connectivity index (χ1n) is 9.07. The molecule has 2 atom stereocenters. The van der Waals surface area contributed by atoms with E-state index in [0.717, 1.165) is 18.2 Å². The average Bonchev–Trinajstić information content (AvgIpc) is 2.65. The summed E-state index contributed by atoms with van der Waals surface area (Å²) in [5, 5.41) is 17.6. The lowest BCUT2D eigenvalue weighted by Gasteiger charge is -2.12. The van der Waals surface area contributed by atoms with Gasteiger partial charge in [0, 0.05) is 0 Å². The molecule has 0 aliphatic carbocycles. The van der Waals surface area contributed by atoms with Crippen LogP contribution in [0.3, 0.4) is 0 Å². The lowest BCUT2D eigenvalue weighted by molar-refractivity contribution is 0.0111. The Morgan fingerprint density at radius 2 is 1.23 bits per heavy atom. The number of carbonyl (C=O) groups excluding carboxylic acids is 2. The molecule has 0 aliphatic rings. The quantitative estimate of drug-likeness (QED) is 0.175. The van der Waals surface area contributed by atoms with Gasteiger partial charge in [-0.15, -0.1) is 0 Å². The van der Waals surface area contributed by atoms with Crippen molar-refractivity contribution in [2.24, 2.45) is 0 Å². The molecular formula is C18H27O11P. The van der Waals surface area contributed by atoms with Crippen LogP contribution in [0.25, 0.3) is 0 Å². The number of aliphatic hydroxyl groups excluding tert-OH is 2. The second kappa shape index (κ2) is 12.8. The summed E-state index contributed by atoms with van der Waals surface area (Å²) in [5.41, 5.74) is -0.493. The van der Waals surface area contributed by atoms with Gasteiger partial charge in [-0.1, -0.05) is 0 Å². The van der Waals surface area contributed by atoms with Gasteiger partial charge in [-0.3, -0.25) is 4.57 Å². The fraction of sp³-hybridized carbons (Fsp3) is 0.556. The minimum atomic E-state index is -4.77. The van der Waals surface area contributed by atoms with E-state index < -0.39 is 37.0 Å². The number of hydrogen-bond acceptors (Lipinski definition) is 9. The molecule has 12 heteroatoms. The van der Waals surface area contributed by atoms with Gasteiger partial charge in [0.15, 0.2) is 0 Å². The molecule has 1 aromatic carbocycles. The van der Waals surface area contributed by atoms with Crippen LogP contribution >= 0.6 is 7.60 Å². The van der Waals surface area contributed by atoms with Crippen molar-refractivity contribution in [1.29, 1.82) is 0 Å². The molecule has 30 heavy (non-hydrogen) atoms. The summed E-state index contributed by atoms with van der Waals surface area (Å²) in [6, 6.07) is 2.96. The van der Waals surface area contributed by atoms with Gasteiger partial charge >= 0.3 is 19.5 Å². The fourth-order valence-corrected chi connectivity index (χ4v) is 2.69. The van der Waals surface area contributed by atoms with E-state index in [-0.39, 0.29) is 50.8 Å². The molecule has 1 aromatic rings. The van der Waals surface area contributed by atoms with E-state index in [4.69, 9.17) is 29.2 Å². The van der Waals surface area contributed by atoms with Gasteiger partial charge in [-0.05, 0) is 32.0 Å².